The highest BCUT2D eigenvalue weighted by molar-refractivity contribution is 7.99. The fourth-order valence-electron chi connectivity index (χ4n) is 3.20. The lowest BCUT2D eigenvalue weighted by atomic mass is 10.1. The van der Waals surface area contributed by atoms with Crippen molar-refractivity contribution in [2.24, 2.45) is 0 Å². The lowest BCUT2D eigenvalue weighted by Crippen LogP contribution is -2.27. The van der Waals surface area contributed by atoms with Gasteiger partial charge in [-0.25, -0.2) is 4.98 Å². The van der Waals surface area contributed by atoms with E-state index in [2.05, 4.69) is 35.6 Å². The number of nitrogens with one attached hydrogen (secondary N) is 1. The number of allylic oxidation sites excluding steroid dienone is 3. The molecule has 2 aromatic rings. The van der Waals surface area contributed by atoms with Crippen LogP contribution < -0.4 is 10.9 Å². The molecule has 3 rings (SSSR count). The molecule has 1 aromatic carbocycles. The summed E-state index contributed by atoms with van der Waals surface area (Å²) in [4.78, 5) is 30.0. The number of nitrogens with zero attached hydrogens (tertiary/aromatic N) is 2. The Bertz CT molecular complexity index is 1030. The van der Waals surface area contributed by atoms with Crippen molar-refractivity contribution in [3.63, 3.8) is 0 Å². The zero-order valence-corrected chi connectivity index (χ0v) is 18.5. The first kappa shape index (κ1) is 24.3. The van der Waals surface area contributed by atoms with E-state index in [1.807, 2.05) is 19.1 Å². The highest BCUT2D eigenvalue weighted by Gasteiger charge is 2.20. The lowest BCUT2D eigenvalue weighted by molar-refractivity contribution is -0.113. The van der Waals surface area contributed by atoms with Crippen LogP contribution in [-0.4, -0.2) is 21.2 Å². The van der Waals surface area contributed by atoms with E-state index in [0.717, 1.165) is 30.4 Å². The van der Waals surface area contributed by atoms with Gasteiger partial charge in [-0.1, -0.05) is 55.1 Å². The van der Waals surface area contributed by atoms with E-state index >= 15 is 0 Å². The van der Waals surface area contributed by atoms with Gasteiger partial charge in [0, 0.05) is 6.54 Å². The van der Waals surface area contributed by atoms with Gasteiger partial charge in [-0.2, -0.15) is 0 Å². The molecule has 0 fully saturated rings. The first-order valence-corrected chi connectivity index (χ1v) is 11.0. The number of hydrogen-bond acceptors (Lipinski definition) is 5. The average molecular weight is 464 g/mol. The molecular formula is C22H26ClN3O2S2. The number of benzene rings is 1. The molecule has 0 aliphatic heterocycles. The second kappa shape index (κ2) is 10.9. The minimum Gasteiger partial charge on any atom is -0.324 e. The fourth-order valence-corrected chi connectivity index (χ4v) is 4.67. The van der Waals surface area contributed by atoms with Crippen LogP contribution >= 0.6 is 36.0 Å². The number of thioether (sulfide) groups is 1. The number of carbonyl (C=O) groups is 1. The Balaban J connectivity index is 0.00000320. The first-order valence-electron chi connectivity index (χ1n) is 9.24. The van der Waals surface area contributed by atoms with Crippen molar-refractivity contribution in [3.05, 3.63) is 63.4 Å². The van der Waals surface area contributed by atoms with Crippen LogP contribution in [0, 0.1) is 6.92 Å². The Kier molecular flexibility index (Phi) is 8.82. The van der Waals surface area contributed by atoms with Crippen molar-refractivity contribution in [2.75, 3.05) is 11.1 Å². The summed E-state index contributed by atoms with van der Waals surface area (Å²) in [7, 11) is 0. The highest BCUT2D eigenvalue weighted by Crippen LogP contribution is 2.30. The summed E-state index contributed by atoms with van der Waals surface area (Å²) in [6, 6.07) is 5.43. The predicted molar refractivity (Wildman–Crippen MR) is 130 cm³/mol. The van der Waals surface area contributed by atoms with Gasteiger partial charge in [-0.15, -0.1) is 19.2 Å². The maximum absolute atomic E-state index is 13.1. The molecule has 0 atom stereocenters. The van der Waals surface area contributed by atoms with Crippen LogP contribution in [0.2, 0.25) is 5.02 Å². The zero-order chi connectivity index (χ0) is 21.0. The van der Waals surface area contributed by atoms with E-state index in [1.165, 1.54) is 11.8 Å². The van der Waals surface area contributed by atoms with Crippen LogP contribution in [0.4, 0.5) is 5.69 Å². The average Bonchev–Trinajstić information content (AvgIpc) is 3.20. The second-order valence-corrected chi connectivity index (χ2v) is 8.46. The van der Waals surface area contributed by atoms with Crippen LogP contribution in [0.5, 0.6) is 0 Å². The quantitative estimate of drug-likeness (QED) is 0.184. The molecule has 8 heteroatoms. The van der Waals surface area contributed by atoms with Crippen LogP contribution in [0.1, 0.15) is 37.8 Å². The van der Waals surface area contributed by atoms with Crippen molar-refractivity contribution in [3.8, 4) is 0 Å². The molecular weight excluding hydrogens is 438 g/mol. The minimum atomic E-state index is -0.228. The smallest absolute Gasteiger partial charge is 0.263 e. The van der Waals surface area contributed by atoms with Gasteiger partial charge in [0.15, 0.2) is 5.16 Å². The number of rotatable bonds is 7. The zero-order valence-electron chi connectivity index (χ0n) is 16.1. The number of para-hydroxylation sites is 1. The second-order valence-electron chi connectivity index (χ2n) is 6.69. The standard InChI is InChI=1S/C21H22ClN3O2S2.CH4/c1-3-11-25-20(27)17(14-8-4-5-9-14)19(28)24-21(25)29-12-16(26)23-18-13(2)7-6-10-15(18)22;/h3,6-8,10,28H,1,4-5,9,11-12H2,2H3,(H,23,26);1H4. The van der Waals surface area contributed by atoms with Crippen molar-refractivity contribution < 1.29 is 4.79 Å². The molecule has 0 radical (unpaired) electrons. The van der Waals surface area contributed by atoms with Crippen molar-refractivity contribution in [2.45, 2.75) is 50.3 Å². The molecule has 0 unspecified atom stereocenters. The van der Waals surface area contributed by atoms with E-state index in [-0.39, 0.29) is 24.6 Å². The Labute approximate surface area is 192 Å². The van der Waals surface area contributed by atoms with Gasteiger partial charge in [0.25, 0.3) is 5.56 Å². The molecule has 1 aromatic heterocycles. The topological polar surface area (TPSA) is 64.0 Å². The number of halogens is 1. The van der Waals surface area contributed by atoms with Gasteiger partial charge in [0.05, 0.1) is 22.0 Å². The van der Waals surface area contributed by atoms with E-state index in [1.54, 1.807) is 16.7 Å². The van der Waals surface area contributed by atoms with Crippen LogP contribution in [0.25, 0.3) is 5.57 Å². The monoisotopic (exact) mass is 463 g/mol. The van der Waals surface area contributed by atoms with Gasteiger partial charge in [0.2, 0.25) is 5.91 Å². The summed E-state index contributed by atoms with van der Waals surface area (Å²) in [6.45, 7) is 5.92. The predicted octanol–water partition coefficient (Wildman–Crippen LogP) is 5.61. The third-order valence-corrected chi connectivity index (χ3v) is 6.22. The summed E-state index contributed by atoms with van der Waals surface area (Å²) in [5, 5.41) is 4.15. The maximum Gasteiger partial charge on any atom is 0.263 e. The van der Waals surface area contributed by atoms with Gasteiger partial charge in [0.1, 0.15) is 5.03 Å². The van der Waals surface area contributed by atoms with Crippen LogP contribution in [-0.2, 0) is 11.3 Å². The number of thiol groups is 1. The van der Waals surface area contributed by atoms with Crippen LogP contribution in [0.3, 0.4) is 0 Å². The number of aromatic nitrogens is 2. The Morgan fingerprint density at radius 1 is 1.47 bits per heavy atom. The van der Waals surface area contributed by atoms with E-state index in [0.29, 0.717) is 33.0 Å². The van der Waals surface area contributed by atoms with Crippen LogP contribution in [0.15, 0.2) is 51.9 Å². The van der Waals surface area contributed by atoms with Crippen molar-refractivity contribution >= 4 is 53.2 Å². The summed E-state index contributed by atoms with van der Waals surface area (Å²) in [6.07, 6.45) is 6.56. The van der Waals surface area contributed by atoms with Crippen molar-refractivity contribution in [1.29, 1.82) is 0 Å². The molecule has 1 heterocycles. The summed E-state index contributed by atoms with van der Waals surface area (Å²) < 4.78 is 1.54. The molecule has 30 heavy (non-hydrogen) atoms. The summed E-state index contributed by atoms with van der Waals surface area (Å²) >= 11 is 11.8. The molecule has 160 valence electrons. The SMILES string of the molecule is C.C=CCn1c(SCC(=O)Nc2c(C)cccc2Cl)nc(S)c(C2=CCCC2)c1=O. The fraction of sp³-hybridized carbons (Fsp3) is 0.318. The van der Waals surface area contributed by atoms with E-state index in [9.17, 15) is 9.59 Å². The third kappa shape index (κ3) is 5.39. The summed E-state index contributed by atoms with van der Waals surface area (Å²) in [5.74, 6) is -0.141. The molecule has 0 spiro atoms. The molecule has 5 nitrogen and oxygen atoms in total. The van der Waals surface area contributed by atoms with Gasteiger partial charge < -0.3 is 5.32 Å². The largest absolute Gasteiger partial charge is 0.324 e. The van der Waals surface area contributed by atoms with Gasteiger partial charge >= 0.3 is 0 Å². The number of hydrogen-bond donors (Lipinski definition) is 2. The maximum atomic E-state index is 13.1. The van der Waals surface area contributed by atoms with E-state index in [4.69, 9.17) is 11.6 Å². The Morgan fingerprint density at radius 3 is 2.87 bits per heavy atom. The van der Waals surface area contributed by atoms with E-state index < -0.39 is 0 Å². The third-order valence-electron chi connectivity index (χ3n) is 4.61. The Hall–Kier alpha value is -1.96. The number of amides is 1. The molecule has 1 aliphatic rings. The minimum absolute atomic E-state index is 0. The number of anilines is 1. The molecule has 1 N–H and O–H groups in total. The summed E-state index contributed by atoms with van der Waals surface area (Å²) in [5.41, 5.74) is 2.86. The molecule has 0 saturated heterocycles. The van der Waals surface area contributed by atoms with Crippen molar-refractivity contribution in [1.82, 2.24) is 9.55 Å². The van der Waals surface area contributed by atoms with Gasteiger partial charge in [-0.3, -0.25) is 14.2 Å². The first-order chi connectivity index (χ1) is 13.9. The normalized spacial score (nSPS) is 12.8. The highest BCUT2D eigenvalue weighted by atomic mass is 35.5. The molecule has 1 amide bonds. The van der Waals surface area contributed by atoms with Gasteiger partial charge in [-0.05, 0) is 43.4 Å². The lowest BCUT2D eigenvalue weighted by Gasteiger charge is -2.15. The number of aryl methyl sites for hydroxylation is 1. The molecule has 0 bridgehead atoms. The number of carbonyl (C=O) groups excluding carboxylic acids is 1. The Morgan fingerprint density at radius 2 is 2.23 bits per heavy atom. The molecule has 0 saturated carbocycles. The molecule has 1 aliphatic carbocycles.